The topological polar surface area (TPSA) is 50.7 Å². The molecule has 94 valence electrons. The molecule has 4 nitrogen and oxygen atoms in total. The first kappa shape index (κ1) is 12.2. The summed E-state index contributed by atoms with van der Waals surface area (Å²) < 4.78 is 11.6. The fraction of sp³-hybridized carbons (Fsp3) is 0.538. The molecule has 0 amide bonds. The lowest BCUT2D eigenvalue weighted by Gasteiger charge is -2.32. The van der Waals surface area contributed by atoms with Gasteiger partial charge in [0.2, 0.25) is 0 Å². The van der Waals surface area contributed by atoms with Gasteiger partial charge < -0.3 is 19.9 Å². The van der Waals surface area contributed by atoms with Crippen LogP contribution < -0.4 is 14.8 Å². The second-order valence-corrected chi connectivity index (χ2v) is 4.09. The maximum atomic E-state index is 9.05. The van der Waals surface area contributed by atoms with E-state index in [0.29, 0.717) is 13.0 Å². The molecule has 0 fully saturated rings. The third-order valence-electron chi connectivity index (χ3n) is 2.89. The Kier molecular flexibility index (Phi) is 4.23. The molecular weight excluding hydrogens is 218 g/mol. The standard InChI is InChI=1S/C13H19NO3/c1-2-14-10(7-8-15)13-9-16-11-5-3-4-6-12(11)17-13/h3-6,10,13-15H,2,7-9H2,1H3. The summed E-state index contributed by atoms with van der Waals surface area (Å²) in [7, 11) is 0. The molecule has 0 saturated heterocycles. The Morgan fingerprint density at radius 1 is 1.41 bits per heavy atom. The molecule has 0 aromatic heterocycles. The van der Waals surface area contributed by atoms with Gasteiger partial charge in [0.05, 0.1) is 0 Å². The van der Waals surface area contributed by atoms with E-state index in [4.69, 9.17) is 14.6 Å². The molecule has 1 aromatic carbocycles. The van der Waals surface area contributed by atoms with Gasteiger partial charge in [0.1, 0.15) is 12.7 Å². The van der Waals surface area contributed by atoms with Gasteiger partial charge in [-0.3, -0.25) is 0 Å². The van der Waals surface area contributed by atoms with Crippen molar-refractivity contribution in [2.45, 2.75) is 25.5 Å². The maximum Gasteiger partial charge on any atom is 0.161 e. The molecule has 0 bridgehead atoms. The van der Waals surface area contributed by atoms with Crippen molar-refractivity contribution in [1.82, 2.24) is 5.32 Å². The molecule has 2 unspecified atom stereocenters. The van der Waals surface area contributed by atoms with Crippen molar-refractivity contribution in [2.24, 2.45) is 0 Å². The SMILES string of the molecule is CCNC(CCO)C1COc2ccccc2O1. The van der Waals surface area contributed by atoms with Crippen molar-refractivity contribution >= 4 is 0 Å². The normalized spacial score (nSPS) is 20.0. The molecule has 1 aromatic rings. The van der Waals surface area contributed by atoms with Gasteiger partial charge in [0.25, 0.3) is 0 Å². The molecule has 2 atom stereocenters. The molecular formula is C13H19NO3. The Morgan fingerprint density at radius 2 is 2.18 bits per heavy atom. The number of likely N-dealkylation sites (N-methyl/N-ethyl adjacent to an activating group) is 1. The summed E-state index contributed by atoms with van der Waals surface area (Å²) in [6.07, 6.45) is 0.626. The van der Waals surface area contributed by atoms with Crippen molar-refractivity contribution in [2.75, 3.05) is 19.8 Å². The molecule has 1 heterocycles. The van der Waals surface area contributed by atoms with Crippen LogP contribution in [0.4, 0.5) is 0 Å². The Bertz CT molecular complexity index is 350. The minimum atomic E-state index is -0.0444. The number of para-hydroxylation sites is 2. The van der Waals surface area contributed by atoms with Crippen LogP contribution >= 0.6 is 0 Å². The molecule has 0 spiro atoms. The molecule has 2 rings (SSSR count). The fourth-order valence-corrected chi connectivity index (χ4v) is 2.05. The van der Waals surface area contributed by atoms with E-state index in [1.54, 1.807) is 0 Å². The van der Waals surface area contributed by atoms with E-state index in [9.17, 15) is 0 Å². The summed E-state index contributed by atoms with van der Waals surface area (Å²) in [5.41, 5.74) is 0. The van der Waals surface area contributed by atoms with E-state index in [0.717, 1.165) is 18.0 Å². The summed E-state index contributed by atoms with van der Waals surface area (Å²) in [5.74, 6) is 1.58. The lowest BCUT2D eigenvalue weighted by atomic mass is 10.1. The Morgan fingerprint density at radius 3 is 2.88 bits per heavy atom. The Labute approximate surface area is 102 Å². The molecule has 4 heteroatoms. The summed E-state index contributed by atoms with van der Waals surface area (Å²) in [6.45, 7) is 3.57. The minimum Gasteiger partial charge on any atom is -0.486 e. The highest BCUT2D eigenvalue weighted by molar-refractivity contribution is 5.40. The largest absolute Gasteiger partial charge is 0.486 e. The first-order chi connectivity index (χ1) is 8.35. The van der Waals surface area contributed by atoms with Crippen molar-refractivity contribution in [3.05, 3.63) is 24.3 Å². The first-order valence-electron chi connectivity index (χ1n) is 6.08. The van der Waals surface area contributed by atoms with Crippen molar-refractivity contribution in [3.8, 4) is 11.5 Å². The van der Waals surface area contributed by atoms with Gasteiger partial charge in [-0.1, -0.05) is 19.1 Å². The predicted octanol–water partition coefficient (Wildman–Crippen LogP) is 1.19. The van der Waals surface area contributed by atoms with Crippen molar-refractivity contribution in [1.29, 1.82) is 0 Å². The zero-order valence-corrected chi connectivity index (χ0v) is 10.1. The predicted molar refractivity (Wildman–Crippen MR) is 65.5 cm³/mol. The number of nitrogens with one attached hydrogen (secondary N) is 1. The van der Waals surface area contributed by atoms with E-state index in [2.05, 4.69) is 5.32 Å². The quantitative estimate of drug-likeness (QED) is 0.807. The molecule has 2 N–H and O–H groups in total. The van der Waals surface area contributed by atoms with Gasteiger partial charge in [-0.25, -0.2) is 0 Å². The van der Waals surface area contributed by atoms with Crippen LogP contribution in [0.2, 0.25) is 0 Å². The summed E-state index contributed by atoms with van der Waals surface area (Å²) >= 11 is 0. The van der Waals surface area contributed by atoms with E-state index >= 15 is 0 Å². The highest BCUT2D eigenvalue weighted by Gasteiger charge is 2.27. The summed E-state index contributed by atoms with van der Waals surface area (Å²) in [4.78, 5) is 0. The third kappa shape index (κ3) is 2.90. The Balaban J connectivity index is 2.04. The fourth-order valence-electron chi connectivity index (χ4n) is 2.05. The number of fused-ring (bicyclic) bond motifs is 1. The second-order valence-electron chi connectivity index (χ2n) is 4.09. The van der Waals surface area contributed by atoms with Crippen LogP contribution in [0.25, 0.3) is 0 Å². The van der Waals surface area contributed by atoms with E-state index < -0.39 is 0 Å². The van der Waals surface area contributed by atoms with Crippen LogP contribution in [-0.4, -0.2) is 37.0 Å². The summed E-state index contributed by atoms with van der Waals surface area (Å²) in [5, 5.41) is 12.4. The number of ether oxygens (including phenoxy) is 2. The van der Waals surface area contributed by atoms with Crippen LogP contribution in [0.1, 0.15) is 13.3 Å². The lowest BCUT2D eigenvalue weighted by Crippen LogP contribution is -2.48. The maximum absolute atomic E-state index is 9.05. The second kappa shape index (κ2) is 5.89. The van der Waals surface area contributed by atoms with Gasteiger partial charge in [-0.05, 0) is 25.1 Å². The minimum absolute atomic E-state index is 0.0444. The van der Waals surface area contributed by atoms with Crippen molar-refractivity contribution < 1.29 is 14.6 Å². The van der Waals surface area contributed by atoms with Gasteiger partial charge in [0, 0.05) is 12.6 Å². The lowest BCUT2D eigenvalue weighted by molar-refractivity contribution is 0.0545. The smallest absolute Gasteiger partial charge is 0.161 e. The van der Waals surface area contributed by atoms with Gasteiger partial charge in [-0.2, -0.15) is 0 Å². The number of hydrogen-bond donors (Lipinski definition) is 2. The number of benzene rings is 1. The van der Waals surface area contributed by atoms with Crippen LogP contribution in [0.5, 0.6) is 11.5 Å². The Hall–Kier alpha value is -1.26. The number of aliphatic hydroxyl groups excluding tert-OH is 1. The zero-order chi connectivity index (χ0) is 12.1. The van der Waals surface area contributed by atoms with Crippen LogP contribution in [0.3, 0.4) is 0 Å². The van der Waals surface area contributed by atoms with Crippen LogP contribution in [-0.2, 0) is 0 Å². The van der Waals surface area contributed by atoms with Crippen LogP contribution in [0.15, 0.2) is 24.3 Å². The monoisotopic (exact) mass is 237 g/mol. The highest BCUT2D eigenvalue weighted by Crippen LogP contribution is 2.31. The molecule has 1 aliphatic rings. The number of rotatable bonds is 5. The molecule has 0 saturated carbocycles. The van der Waals surface area contributed by atoms with Gasteiger partial charge in [0.15, 0.2) is 11.5 Å². The highest BCUT2D eigenvalue weighted by atomic mass is 16.6. The van der Waals surface area contributed by atoms with E-state index in [1.807, 2.05) is 31.2 Å². The van der Waals surface area contributed by atoms with Gasteiger partial charge >= 0.3 is 0 Å². The molecule has 1 aliphatic heterocycles. The molecule has 0 aliphatic carbocycles. The zero-order valence-electron chi connectivity index (χ0n) is 10.1. The number of hydrogen-bond acceptors (Lipinski definition) is 4. The van der Waals surface area contributed by atoms with Crippen molar-refractivity contribution in [3.63, 3.8) is 0 Å². The first-order valence-corrected chi connectivity index (χ1v) is 6.08. The average Bonchev–Trinajstić information content (AvgIpc) is 2.38. The van der Waals surface area contributed by atoms with E-state index in [1.165, 1.54) is 0 Å². The third-order valence-corrected chi connectivity index (χ3v) is 2.89. The van der Waals surface area contributed by atoms with E-state index in [-0.39, 0.29) is 18.8 Å². The van der Waals surface area contributed by atoms with Crippen LogP contribution in [0, 0.1) is 0 Å². The van der Waals surface area contributed by atoms with Gasteiger partial charge in [-0.15, -0.1) is 0 Å². The average molecular weight is 237 g/mol. The number of aliphatic hydroxyl groups is 1. The summed E-state index contributed by atoms with van der Waals surface area (Å²) in [6, 6.07) is 7.79. The molecule has 0 radical (unpaired) electrons. The molecule has 17 heavy (non-hydrogen) atoms.